The van der Waals surface area contributed by atoms with Gasteiger partial charge in [0.15, 0.2) is 5.69 Å². The molecule has 0 aliphatic heterocycles. The minimum absolute atomic E-state index is 0.0839. The van der Waals surface area contributed by atoms with Gasteiger partial charge < -0.3 is 14.6 Å². The monoisotopic (exact) mass is 447 g/mol. The molecule has 0 aliphatic rings. The van der Waals surface area contributed by atoms with Gasteiger partial charge in [0.05, 0.1) is 23.4 Å². The van der Waals surface area contributed by atoms with Gasteiger partial charge in [-0.05, 0) is 19.1 Å². The van der Waals surface area contributed by atoms with E-state index in [-0.39, 0.29) is 11.4 Å². The van der Waals surface area contributed by atoms with Gasteiger partial charge in [0.1, 0.15) is 17.6 Å². The average Bonchev–Trinajstić information content (AvgIpc) is 3.42. The summed E-state index contributed by atoms with van der Waals surface area (Å²) in [6.07, 6.45) is 3.43. The molecule has 0 fully saturated rings. The normalized spacial score (nSPS) is 11.7. The molecule has 0 saturated carbocycles. The second-order valence-electron chi connectivity index (χ2n) is 7.26. The summed E-state index contributed by atoms with van der Waals surface area (Å²) in [5, 5.41) is 22.2. The van der Waals surface area contributed by atoms with Crippen molar-refractivity contribution in [3.8, 4) is 11.4 Å². The third-order valence-corrected chi connectivity index (χ3v) is 5.24. The van der Waals surface area contributed by atoms with Crippen molar-refractivity contribution in [3.63, 3.8) is 0 Å². The van der Waals surface area contributed by atoms with Crippen molar-refractivity contribution in [2.45, 2.75) is 13.0 Å². The summed E-state index contributed by atoms with van der Waals surface area (Å²) in [4.78, 5) is 28.3. The van der Waals surface area contributed by atoms with Gasteiger partial charge in [-0.1, -0.05) is 29.5 Å². The maximum Gasteiger partial charge on any atom is 0.274 e. The third-order valence-electron chi connectivity index (χ3n) is 5.24. The molecule has 2 aromatic heterocycles. The van der Waals surface area contributed by atoms with Gasteiger partial charge in [-0.3, -0.25) is 14.9 Å². The number of imidazole rings is 1. The predicted octanol–water partition coefficient (Wildman–Crippen LogP) is 2.75. The molecule has 4 aromatic rings. The first kappa shape index (κ1) is 21.7. The number of carbonyl (C=O) groups is 1. The lowest BCUT2D eigenvalue weighted by atomic mass is 10.0. The van der Waals surface area contributed by atoms with E-state index in [1.165, 1.54) is 16.8 Å². The van der Waals surface area contributed by atoms with Crippen molar-refractivity contribution >= 4 is 11.6 Å². The number of aryl methyl sites for hydroxylation is 1. The van der Waals surface area contributed by atoms with Crippen molar-refractivity contribution in [3.05, 3.63) is 93.8 Å². The lowest BCUT2D eigenvalue weighted by molar-refractivity contribution is -0.384. The van der Waals surface area contributed by atoms with E-state index in [1.807, 2.05) is 29.8 Å². The topological polar surface area (TPSA) is 130 Å². The Morgan fingerprint density at radius 2 is 2.00 bits per heavy atom. The Bertz CT molecular complexity index is 1330. The molecule has 0 bridgehead atoms. The van der Waals surface area contributed by atoms with Crippen molar-refractivity contribution in [1.82, 2.24) is 29.9 Å². The first-order chi connectivity index (χ1) is 15.9. The summed E-state index contributed by atoms with van der Waals surface area (Å²) in [5.74, 6) is 0.738. The number of nitrogens with zero attached hydrogens (tertiary/aromatic N) is 6. The Labute approximate surface area is 188 Å². The molecule has 4 rings (SSSR count). The van der Waals surface area contributed by atoms with E-state index < -0.39 is 16.9 Å². The Morgan fingerprint density at radius 3 is 2.70 bits per heavy atom. The zero-order chi connectivity index (χ0) is 23.5. The van der Waals surface area contributed by atoms with E-state index in [9.17, 15) is 14.9 Å². The minimum atomic E-state index is -0.615. The maximum atomic E-state index is 13.3. The highest BCUT2D eigenvalue weighted by atomic mass is 16.6. The molecule has 0 spiro atoms. The number of ether oxygens (including phenoxy) is 1. The van der Waals surface area contributed by atoms with Crippen LogP contribution >= 0.6 is 0 Å². The van der Waals surface area contributed by atoms with E-state index in [2.05, 4.69) is 20.6 Å². The van der Waals surface area contributed by atoms with E-state index in [0.29, 0.717) is 23.0 Å². The smallest absolute Gasteiger partial charge is 0.274 e. The molecule has 168 valence electrons. The number of benzene rings is 2. The van der Waals surface area contributed by atoms with Crippen LogP contribution in [-0.2, 0) is 7.05 Å². The highest BCUT2D eigenvalue weighted by molar-refractivity contribution is 5.93. The highest BCUT2D eigenvalue weighted by Gasteiger charge is 2.27. The number of para-hydroxylation sites is 1. The van der Waals surface area contributed by atoms with E-state index >= 15 is 0 Å². The molecule has 1 unspecified atom stereocenters. The molecule has 0 saturated heterocycles. The fourth-order valence-electron chi connectivity index (χ4n) is 3.56. The SMILES string of the molecule is COc1ccccc1C(NC(=O)c1nnn(-c2cccc([N+](=O)[O-])c2)c1C)c1nccn1C. The number of nitro groups is 1. The number of carbonyl (C=O) groups excluding carboxylic acids is 1. The second kappa shape index (κ2) is 8.91. The summed E-state index contributed by atoms with van der Waals surface area (Å²) in [6.45, 7) is 1.67. The first-order valence-corrected chi connectivity index (χ1v) is 9.98. The number of methoxy groups -OCH3 is 1. The predicted molar refractivity (Wildman–Crippen MR) is 118 cm³/mol. The molecule has 1 atom stereocenters. The van der Waals surface area contributed by atoms with Gasteiger partial charge >= 0.3 is 0 Å². The van der Waals surface area contributed by atoms with Crippen molar-refractivity contribution in [2.75, 3.05) is 7.11 Å². The number of hydrogen-bond donors (Lipinski definition) is 1. The fourth-order valence-corrected chi connectivity index (χ4v) is 3.56. The number of rotatable bonds is 7. The van der Waals surface area contributed by atoms with Crippen LogP contribution < -0.4 is 10.1 Å². The Balaban J connectivity index is 1.69. The number of aromatic nitrogens is 5. The van der Waals surface area contributed by atoms with Crippen molar-refractivity contribution in [1.29, 1.82) is 0 Å². The molecule has 1 N–H and O–H groups in total. The standard InChI is InChI=1S/C22H21N7O4/c1-14-19(25-26-28(14)15-7-6-8-16(13-15)29(31)32)22(30)24-20(21-23-11-12-27(21)2)17-9-4-5-10-18(17)33-3/h4-13,20H,1-3H3,(H,24,30). The Kier molecular flexibility index (Phi) is 5.85. The van der Waals surface area contributed by atoms with Crippen LogP contribution in [0.1, 0.15) is 33.6 Å². The van der Waals surface area contributed by atoms with Crippen LogP contribution in [0, 0.1) is 17.0 Å². The van der Waals surface area contributed by atoms with Crippen LogP contribution in [0.25, 0.3) is 5.69 Å². The van der Waals surface area contributed by atoms with Gasteiger partial charge in [0, 0.05) is 37.1 Å². The Morgan fingerprint density at radius 1 is 1.21 bits per heavy atom. The van der Waals surface area contributed by atoms with Gasteiger partial charge in [-0.25, -0.2) is 9.67 Å². The van der Waals surface area contributed by atoms with Crippen LogP contribution in [0.15, 0.2) is 60.9 Å². The fraction of sp³-hybridized carbons (Fsp3) is 0.182. The highest BCUT2D eigenvalue weighted by Crippen LogP contribution is 2.29. The van der Waals surface area contributed by atoms with Gasteiger partial charge in [0.2, 0.25) is 0 Å². The summed E-state index contributed by atoms with van der Waals surface area (Å²) in [5.41, 5.74) is 1.60. The largest absolute Gasteiger partial charge is 0.496 e. The maximum absolute atomic E-state index is 13.3. The summed E-state index contributed by atoms with van der Waals surface area (Å²) < 4.78 is 8.69. The zero-order valence-electron chi connectivity index (χ0n) is 18.2. The quantitative estimate of drug-likeness (QED) is 0.340. The second-order valence-corrected chi connectivity index (χ2v) is 7.26. The summed E-state index contributed by atoms with van der Waals surface area (Å²) in [7, 11) is 3.39. The molecule has 33 heavy (non-hydrogen) atoms. The van der Waals surface area contributed by atoms with Crippen molar-refractivity contribution in [2.24, 2.45) is 7.05 Å². The molecule has 2 aromatic carbocycles. The molecular formula is C22H21N7O4. The number of nitrogens with one attached hydrogen (secondary N) is 1. The molecular weight excluding hydrogens is 426 g/mol. The van der Waals surface area contributed by atoms with Crippen LogP contribution in [0.5, 0.6) is 5.75 Å². The van der Waals surface area contributed by atoms with Crippen LogP contribution in [-0.4, -0.2) is 42.5 Å². The average molecular weight is 447 g/mol. The van der Waals surface area contributed by atoms with E-state index in [4.69, 9.17) is 4.74 Å². The molecule has 0 aliphatic carbocycles. The number of nitro benzene ring substituents is 1. The minimum Gasteiger partial charge on any atom is -0.496 e. The van der Waals surface area contributed by atoms with E-state index in [0.717, 1.165) is 5.56 Å². The van der Waals surface area contributed by atoms with Crippen molar-refractivity contribution < 1.29 is 14.5 Å². The van der Waals surface area contributed by atoms with Gasteiger partial charge in [0.25, 0.3) is 11.6 Å². The zero-order valence-corrected chi connectivity index (χ0v) is 18.2. The van der Waals surface area contributed by atoms with E-state index in [1.54, 1.807) is 44.6 Å². The molecule has 11 heteroatoms. The third kappa shape index (κ3) is 4.15. The lowest BCUT2D eigenvalue weighted by Gasteiger charge is -2.21. The number of amides is 1. The van der Waals surface area contributed by atoms with Crippen LogP contribution in [0.3, 0.4) is 0 Å². The molecule has 1 amide bonds. The number of hydrogen-bond acceptors (Lipinski definition) is 7. The van der Waals surface area contributed by atoms with Gasteiger partial charge in [-0.15, -0.1) is 5.10 Å². The molecule has 11 nitrogen and oxygen atoms in total. The molecule has 0 radical (unpaired) electrons. The molecule has 2 heterocycles. The van der Waals surface area contributed by atoms with Crippen LogP contribution in [0.2, 0.25) is 0 Å². The summed E-state index contributed by atoms with van der Waals surface area (Å²) >= 11 is 0. The lowest BCUT2D eigenvalue weighted by Crippen LogP contribution is -2.32. The van der Waals surface area contributed by atoms with Gasteiger partial charge in [-0.2, -0.15) is 0 Å². The number of non-ortho nitro benzene ring substituents is 1. The van der Waals surface area contributed by atoms with Crippen LogP contribution in [0.4, 0.5) is 5.69 Å². The Hall–Kier alpha value is -4.54. The first-order valence-electron chi connectivity index (χ1n) is 9.98. The summed E-state index contributed by atoms with van der Waals surface area (Å²) in [6, 6.07) is 12.7.